The van der Waals surface area contributed by atoms with E-state index in [4.69, 9.17) is 4.74 Å². The normalized spacial score (nSPS) is 14.7. The SMILES string of the molecule is CCCCC(CC)(CCCC)[C@H](O)[C@H](c1ccc(OCCCCN2C=CNC2)cc1)c1cc(N(C)C)ccc1C. The summed E-state index contributed by atoms with van der Waals surface area (Å²) < 4.78 is 6.12. The minimum absolute atomic E-state index is 0.0928. The van der Waals surface area contributed by atoms with Crippen LogP contribution in [0.1, 0.15) is 101 Å². The van der Waals surface area contributed by atoms with E-state index in [9.17, 15) is 5.11 Å². The van der Waals surface area contributed by atoms with Gasteiger partial charge >= 0.3 is 0 Å². The van der Waals surface area contributed by atoms with Crippen molar-refractivity contribution in [1.82, 2.24) is 10.2 Å². The van der Waals surface area contributed by atoms with E-state index in [-0.39, 0.29) is 11.3 Å². The molecule has 1 aliphatic rings. The van der Waals surface area contributed by atoms with Crippen LogP contribution in [0.5, 0.6) is 5.75 Å². The molecule has 0 saturated heterocycles. The second-order valence-corrected chi connectivity index (χ2v) is 11.9. The first-order chi connectivity index (χ1) is 19.3. The monoisotopic (exact) mass is 549 g/mol. The summed E-state index contributed by atoms with van der Waals surface area (Å²) in [4.78, 5) is 4.44. The molecule has 2 aromatic rings. The first kappa shape index (κ1) is 31.9. The van der Waals surface area contributed by atoms with Gasteiger partial charge in [-0.1, -0.05) is 64.7 Å². The van der Waals surface area contributed by atoms with Crippen molar-refractivity contribution in [3.8, 4) is 5.75 Å². The number of benzene rings is 2. The maximum Gasteiger partial charge on any atom is 0.119 e. The molecule has 3 rings (SSSR count). The maximum absolute atomic E-state index is 12.4. The van der Waals surface area contributed by atoms with Crippen molar-refractivity contribution in [2.75, 3.05) is 38.8 Å². The molecule has 5 nitrogen and oxygen atoms in total. The molecule has 0 aliphatic carbocycles. The van der Waals surface area contributed by atoms with Crippen LogP contribution in [0.15, 0.2) is 54.9 Å². The highest BCUT2D eigenvalue weighted by molar-refractivity contribution is 5.53. The van der Waals surface area contributed by atoms with Gasteiger partial charge in [0.2, 0.25) is 0 Å². The summed E-state index contributed by atoms with van der Waals surface area (Å²) in [5, 5.41) is 15.6. The van der Waals surface area contributed by atoms with Gasteiger partial charge < -0.3 is 25.0 Å². The number of nitrogens with one attached hydrogen (secondary N) is 1. The van der Waals surface area contributed by atoms with E-state index in [1.165, 1.54) is 16.8 Å². The fraction of sp³-hybridized carbons (Fsp3) is 0.600. The van der Waals surface area contributed by atoms with Gasteiger partial charge in [-0.15, -0.1) is 0 Å². The third-order valence-electron chi connectivity index (χ3n) is 8.86. The Morgan fingerprint density at radius 3 is 2.25 bits per heavy atom. The topological polar surface area (TPSA) is 48.0 Å². The van der Waals surface area contributed by atoms with E-state index in [1.54, 1.807) is 0 Å². The first-order valence-corrected chi connectivity index (χ1v) is 15.7. The molecule has 222 valence electrons. The molecule has 0 radical (unpaired) electrons. The van der Waals surface area contributed by atoms with Crippen molar-refractivity contribution in [1.29, 1.82) is 0 Å². The Hall–Kier alpha value is -2.66. The third kappa shape index (κ3) is 8.42. The van der Waals surface area contributed by atoms with Gasteiger partial charge in [0.1, 0.15) is 5.75 Å². The highest BCUT2D eigenvalue weighted by atomic mass is 16.5. The number of aliphatic hydroxyl groups is 1. The van der Waals surface area contributed by atoms with Crippen LogP contribution in [0.2, 0.25) is 0 Å². The maximum atomic E-state index is 12.4. The lowest BCUT2D eigenvalue weighted by molar-refractivity contribution is -0.00713. The first-order valence-electron chi connectivity index (χ1n) is 15.7. The molecule has 2 atom stereocenters. The molecular weight excluding hydrogens is 494 g/mol. The Bertz CT molecular complexity index is 1030. The summed E-state index contributed by atoms with van der Waals surface area (Å²) in [5.74, 6) is 0.807. The third-order valence-corrected chi connectivity index (χ3v) is 8.86. The Balaban J connectivity index is 1.87. The minimum atomic E-state index is -0.465. The molecule has 40 heavy (non-hydrogen) atoms. The number of aryl methyl sites for hydroxylation is 1. The van der Waals surface area contributed by atoms with Gasteiger partial charge in [0.15, 0.2) is 0 Å². The lowest BCUT2D eigenvalue weighted by Gasteiger charge is -2.43. The van der Waals surface area contributed by atoms with Crippen LogP contribution in [0.3, 0.4) is 0 Å². The molecule has 0 bridgehead atoms. The molecule has 0 saturated carbocycles. The Morgan fingerprint density at radius 1 is 0.975 bits per heavy atom. The second-order valence-electron chi connectivity index (χ2n) is 11.9. The highest BCUT2D eigenvalue weighted by Crippen LogP contribution is 2.47. The van der Waals surface area contributed by atoms with Gasteiger partial charge in [0, 0.05) is 44.6 Å². The Kier molecular flexibility index (Phi) is 12.7. The van der Waals surface area contributed by atoms with Crippen LogP contribution in [0, 0.1) is 12.3 Å². The van der Waals surface area contributed by atoms with Crippen molar-refractivity contribution >= 4 is 5.69 Å². The van der Waals surface area contributed by atoms with Crippen molar-refractivity contribution in [3.63, 3.8) is 0 Å². The summed E-state index contributed by atoms with van der Waals surface area (Å²) in [7, 11) is 4.17. The smallest absolute Gasteiger partial charge is 0.119 e. The summed E-state index contributed by atoms with van der Waals surface area (Å²) in [6, 6.07) is 15.2. The van der Waals surface area contributed by atoms with Crippen LogP contribution in [-0.2, 0) is 0 Å². The average molecular weight is 550 g/mol. The fourth-order valence-electron chi connectivity index (χ4n) is 6.08. The van der Waals surface area contributed by atoms with Gasteiger partial charge in [0.05, 0.1) is 19.4 Å². The molecule has 0 aromatic heterocycles. The minimum Gasteiger partial charge on any atom is -0.494 e. The molecule has 0 unspecified atom stereocenters. The van der Waals surface area contributed by atoms with Gasteiger partial charge in [-0.25, -0.2) is 0 Å². The zero-order valence-electron chi connectivity index (χ0n) is 26.1. The van der Waals surface area contributed by atoms with Crippen LogP contribution in [0.4, 0.5) is 5.69 Å². The van der Waals surface area contributed by atoms with E-state index < -0.39 is 6.10 Å². The molecule has 0 spiro atoms. The molecule has 0 amide bonds. The van der Waals surface area contributed by atoms with E-state index in [1.807, 2.05) is 6.20 Å². The molecule has 0 fully saturated rings. The number of aliphatic hydroxyl groups excluding tert-OH is 1. The summed E-state index contributed by atoms with van der Waals surface area (Å²) in [6.07, 6.45) is 13.5. The van der Waals surface area contributed by atoms with Crippen LogP contribution in [0.25, 0.3) is 0 Å². The second kappa shape index (κ2) is 16.0. The number of nitrogens with zero attached hydrogens (tertiary/aromatic N) is 2. The quantitative estimate of drug-likeness (QED) is 0.186. The number of unbranched alkanes of at least 4 members (excludes halogenated alkanes) is 3. The molecular formula is C35H55N3O2. The van der Waals surface area contributed by atoms with E-state index >= 15 is 0 Å². The molecule has 1 aliphatic heterocycles. The molecule has 5 heteroatoms. The van der Waals surface area contributed by atoms with E-state index in [2.05, 4.69) is 106 Å². The average Bonchev–Trinajstić information content (AvgIpc) is 3.48. The Morgan fingerprint density at radius 2 is 1.68 bits per heavy atom. The summed E-state index contributed by atoms with van der Waals surface area (Å²) in [6.45, 7) is 11.7. The zero-order chi connectivity index (χ0) is 29.0. The fourth-order valence-corrected chi connectivity index (χ4v) is 6.08. The number of anilines is 1. The van der Waals surface area contributed by atoms with Crippen LogP contribution < -0.4 is 15.0 Å². The predicted molar refractivity (Wildman–Crippen MR) is 170 cm³/mol. The van der Waals surface area contributed by atoms with Gasteiger partial charge in [-0.2, -0.15) is 0 Å². The van der Waals surface area contributed by atoms with Gasteiger partial charge in [-0.3, -0.25) is 0 Å². The summed E-state index contributed by atoms with van der Waals surface area (Å²) in [5.41, 5.74) is 4.68. The number of ether oxygens (including phenoxy) is 1. The molecule has 1 heterocycles. The Labute approximate surface area is 244 Å². The lowest BCUT2D eigenvalue weighted by atomic mass is 9.65. The predicted octanol–water partition coefficient (Wildman–Crippen LogP) is 7.82. The van der Waals surface area contributed by atoms with E-state index in [0.29, 0.717) is 6.61 Å². The van der Waals surface area contributed by atoms with Crippen molar-refractivity contribution in [2.24, 2.45) is 5.41 Å². The number of rotatable bonds is 18. The van der Waals surface area contributed by atoms with Gasteiger partial charge in [-0.05, 0) is 85.4 Å². The van der Waals surface area contributed by atoms with Crippen molar-refractivity contribution < 1.29 is 9.84 Å². The number of hydrogen-bond donors (Lipinski definition) is 2. The van der Waals surface area contributed by atoms with E-state index in [0.717, 1.165) is 82.3 Å². The summed E-state index contributed by atoms with van der Waals surface area (Å²) >= 11 is 0. The van der Waals surface area contributed by atoms with Crippen molar-refractivity contribution in [2.45, 2.75) is 97.5 Å². The standard InChI is InChI=1S/C35H55N3O2/c1-7-10-20-35(9-3,21-11-8-2)34(39)33(32-26-30(37(5)6)17-14-28(32)4)29-15-18-31(19-16-29)40-25-13-12-23-38-24-22-36-27-38/h14-19,22,24,26,33-34,36,39H,7-13,20-21,23,25,27H2,1-6H3/t33-,34-/m1/s1. The molecule has 2 aromatic carbocycles. The number of hydrogen-bond acceptors (Lipinski definition) is 5. The molecule has 2 N–H and O–H groups in total. The largest absolute Gasteiger partial charge is 0.494 e. The highest BCUT2D eigenvalue weighted by Gasteiger charge is 2.41. The van der Waals surface area contributed by atoms with Crippen LogP contribution >= 0.6 is 0 Å². The lowest BCUT2D eigenvalue weighted by Crippen LogP contribution is -2.40. The van der Waals surface area contributed by atoms with Crippen molar-refractivity contribution in [3.05, 3.63) is 71.6 Å². The van der Waals surface area contributed by atoms with Gasteiger partial charge in [0.25, 0.3) is 0 Å². The zero-order valence-corrected chi connectivity index (χ0v) is 26.1. The van der Waals surface area contributed by atoms with Crippen LogP contribution in [-0.4, -0.2) is 50.0 Å².